The number of hydrogen-bond acceptors (Lipinski definition) is 3. The fourth-order valence-corrected chi connectivity index (χ4v) is 3.33. The average Bonchev–Trinajstić information content (AvgIpc) is 2.79. The predicted octanol–water partition coefficient (Wildman–Crippen LogP) is 3.26. The van der Waals surface area contributed by atoms with Crippen LogP contribution in [0.5, 0.6) is 0 Å². The normalized spacial score (nSPS) is 10.5. The first-order valence-electron chi connectivity index (χ1n) is 10.2. The third kappa shape index (κ3) is 5.28. The molecule has 0 saturated heterocycles. The molecule has 6 heteroatoms. The van der Waals surface area contributed by atoms with Crippen LogP contribution >= 0.6 is 0 Å². The number of pyridine rings is 1. The van der Waals surface area contributed by atoms with Crippen LogP contribution in [0.25, 0.3) is 0 Å². The van der Waals surface area contributed by atoms with Gasteiger partial charge in [-0.25, -0.2) is 0 Å². The van der Waals surface area contributed by atoms with Gasteiger partial charge in [-0.15, -0.1) is 0 Å². The molecule has 2 aromatic carbocycles. The van der Waals surface area contributed by atoms with E-state index >= 15 is 0 Å². The van der Waals surface area contributed by atoms with E-state index in [1.807, 2.05) is 49.4 Å². The van der Waals surface area contributed by atoms with Crippen molar-refractivity contribution in [3.05, 3.63) is 106 Å². The largest absolute Gasteiger partial charge is 0.345 e. The molecule has 160 valence electrons. The van der Waals surface area contributed by atoms with Gasteiger partial charge in [0, 0.05) is 38.9 Å². The maximum absolute atomic E-state index is 13.1. The standard InChI is InChI=1S/C25H27N3O3/c1-4-27(17-20-12-14-21(15-13-20)23(29)26(2)3)24(30)22-11-8-16-28(25(22)31)18-19-9-6-5-7-10-19/h5-16H,4,17-18H2,1-3H3. The summed E-state index contributed by atoms with van der Waals surface area (Å²) in [7, 11) is 3.41. The van der Waals surface area contributed by atoms with Gasteiger partial charge in [0.15, 0.2) is 0 Å². The molecular weight excluding hydrogens is 390 g/mol. The van der Waals surface area contributed by atoms with E-state index in [1.165, 1.54) is 4.90 Å². The molecule has 0 saturated carbocycles. The zero-order valence-corrected chi connectivity index (χ0v) is 18.1. The minimum atomic E-state index is -0.304. The lowest BCUT2D eigenvalue weighted by molar-refractivity contribution is 0.0749. The second-order valence-corrected chi connectivity index (χ2v) is 7.56. The Morgan fingerprint density at radius 1 is 0.839 bits per heavy atom. The molecular formula is C25H27N3O3. The zero-order valence-electron chi connectivity index (χ0n) is 18.1. The van der Waals surface area contributed by atoms with Crippen molar-refractivity contribution in [2.45, 2.75) is 20.0 Å². The van der Waals surface area contributed by atoms with Crippen LogP contribution < -0.4 is 5.56 Å². The molecule has 31 heavy (non-hydrogen) atoms. The van der Waals surface area contributed by atoms with Crippen molar-refractivity contribution in [1.29, 1.82) is 0 Å². The van der Waals surface area contributed by atoms with E-state index in [9.17, 15) is 14.4 Å². The fourth-order valence-electron chi connectivity index (χ4n) is 3.33. The van der Waals surface area contributed by atoms with Crippen LogP contribution in [0.15, 0.2) is 77.7 Å². The minimum Gasteiger partial charge on any atom is -0.345 e. The van der Waals surface area contributed by atoms with Crippen molar-refractivity contribution in [3.8, 4) is 0 Å². The first-order valence-corrected chi connectivity index (χ1v) is 10.2. The van der Waals surface area contributed by atoms with E-state index in [4.69, 9.17) is 0 Å². The molecule has 1 aromatic heterocycles. The summed E-state index contributed by atoms with van der Waals surface area (Å²) in [6.07, 6.45) is 1.70. The fraction of sp³-hybridized carbons (Fsp3) is 0.240. The maximum Gasteiger partial charge on any atom is 0.263 e. The smallest absolute Gasteiger partial charge is 0.263 e. The van der Waals surface area contributed by atoms with Crippen molar-refractivity contribution >= 4 is 11.8 Å². The lowest BCUT2D eigenvalue weighted by Crippen LogP contribution is -2.36. The van der Waals surface area contributed by atoms with Crippen LogP contribution in [0, 0.1) is 0 Å². The molecule has 0 unspecified atom stereocenters. The summed E-state index contributed by atoms with van der Waals surface area (Å²) in [5.74, 6) is -0.374. The highest BCUT2D eigenvalue weighted by atomic mass is 16.2. The van der Waals surface area contributed by atoms with E-state index in [2.05, 4.69) is 0 Å². The quantitative estimate of drug-likeness (QED) is 0.593. The molecule has 0 spiro atoms. The topological polar surface area (TPSA) is 62.6 Å². The van der Waals surface area contributed by atoms with Crippen molar-refractivity contribution in [2.75, 3.05) is 20.6 Å². The van der Waals surface area contributed by atoms with Gasteiger partial charge >= 0.3 is 0 Å². The van der Waals surface area contributed by atoms with Crippen LogP contribution in [-0.2, 0) is 13.1 Å². The lowest BCUT2D eigenvalue weighted by Gasteiger charge is -2.21. The van der Waals surface area contributed by atoms with E-state index in [0.29, 0.717) is 25.2 Å². The zero-order chi connectivity index (χ0) is 22.4. The molecule has 2 amide bonds. The second-order valence-electron chi connectivity index (χ2n) is 7.56. The van der Waals surface area contributed by atoms with Gasteiger partial charge in [-0.05, 0) is 42.3 Å². The predicted molar refractivity (Wildman–Crippen MR) is 121 cm³/mol. The Balaban J connectivity index is 1.78. The summed E-state index contributed by atoms with van der Waals surface area (Å²) < 4.78 is 1.55. The Morgan fingerprint density at radius 3 is 2.13 bits per heavy atom. The first kappa shape index (κ1) is 22.0. The monoisotopic (exact) mass is 417 g/mol. The lowest BCUT2D eigenvalue weighted by atomic mass is 10.1. The number of nitrogens with zero attached hydrogens (tertiary/aromatic N) is 3. The number of hydrogen-bond donors (Lipinski definition) is 0. The van der Waals surface area contributed by atoms with Crippen molar-refractivity contribution in [2.24, 2.45) is 0 Å². The van der Waals surface area contributed by atoms with Crippen LogP contribution in [-0.4, -0.2) is 46.8 Å². The molecule has 0 aliphatic carbocycles. The summed E-state index contributed by atoms with van der Waals surface area (Å²) in [6.45, 7) is 3.12. The van der Waals surface area contributed by atoms with Gasteiger partial charge in [-0.1, -0.05) is 42.5 Å². The van der Waals surface area contributed by atoms with Gasteiger partial charge in [0.05, 0.1) is 6.54 Å². The summed E-state index contributed by atoms with van der Waals surface area (Å²) in [5.41, 5.74) is 2.33. The molecule has 0 radical (unpaired) electrons. The van der Waals surface area contributed by atoms with Gasteiger partial charge in [-0.3, -0.25) is 14.4 Å². The number of rotatable bonds is 7. The van der Waals surface area contributed by atoms with Crippen LogP contribution in [0.1, 0.15) is 38.8 Å². The highest BCUT2D eigenvalue weighted by Gasteiger charge is 2.19. The highest BCUT2D eigenvalue weighted by molar-refractivity contribution is 5.94. The molecule has 0 atom stereocenters. The molecule has 1 heterocycles. The number of amides is 2. The number of carbonyl (C=O) groups is 2. The summed E-state index contributed by atoms with van der Waals surface area (Å²) in [6, 6.07) is 20.2. The molecule has 0 bridgehead atoms. The van der Waals surface area contributed by atoms with Crippen LogP contribution in [0.3, 0.4) is 0 Å². The third-order valence-electron chi connectivity index (χ3n) is 5.10. The van der Waals surface area contributed by atoms with Gasteiger partial charge < -0.3 is 14.4 Å². The second kappa shape index (κ2) is 9.89. The van der Waals surface area contributed by atoms with E-state index in [-0.39, 0.29) is 22.9 Å². The van der Waals surface area contributed by atoms with E-state index < -0.39 is 0 Å². The van der Waals surface area contributed by atoms with Gasteiger partial charge in [0.2, 0.25) is 0 Å². The Morgan fingerprint density at radius 2 is 1.52 bits per heavy atom. The van der Waals surface area contributed by atoms with Crippen molar-refractivity contribution < 1.29 is 9.59 Å². The molecule has 0 fully saturated rings. The Kier molecular flexibility index (Phi) is 7.03. The van der Waals surface area contributed by atoms with Gasteiger partial charge in [-0.2, -0.15) is 0 Å². The van der Waals surface area contributed by atoms with Gasteiger partial charge in [0.1, 0.15) is 5.56 Å². The molecule has 3 aromatic rings. The number of aromatic nitrogens is 1. The number of benzene rings is 2. The maximum atomic E-state index is 13.1. The van der Waals surface area contributed by atoms with Crippen LogP contribution in [0.2, 0.25) is 0 Å². The average molecular weight is 418 g/mol. The summed E-state index contributed by atoms with van der Waals surface area (Å²) >= 11 is 0. The minimum absolute atomic E-state index is 0.0711. The van der Waals surface area contributed by atoms with Crippen molar-refractivity contribution in [1.82, 2.24) is 14.4 Å². The van der Waals surface area contributed by atoms with E-state index in [0.717, 1.165) is 11.1 Å². The molecule has 0 aliphatic rings. The Labute approximate surface area is 182 Å². The molecule has 0 aliphatic heterocycles. The number of carbonyl (C=O) groups excluding carboxylic acids is 2. The summed E-state index contributed by atoms with van der Waals surface area (Å²) in [5, 5.41) is 0. The van der Waals surface area contributed by atoms with Gasteiger partial charge in [0.25, 0.3) is 17.4 Å². The Hall–Kier alpha value is -3.67. The summed E-state index contributed by atoms with van der Waals surface area (Å²) in [4.78, 5) is 41.3. The van der Waals surface area contributed by atoms with Crippen LogP contribution in [0.4, 0.5) is 0 Å². The molecule has 0 N–H and O–H groups in total. The molecule has 6 nitrogen and oxygen atoms in total. The molecule has 3 rings (SSSR count). The first-order chi connectivity index (χ1) is 14.9. The Bertz CT molecular complexity index is 1100. The van der Waals surface area contributed by atoms with Crippen molar-refractivity contribution in [3.63, 3.8) is 0 Å². The third-order valence-corrected chi connectivity index (χ3v) is 5.10. The van der Waals surface area contributed by atoms with E-state index in [1.54, 1.807) is 54.0 Å². The highest BCUT2D eigenvalue weighted by Crippen LogP contribution is 2.11. The SMILES string of the molecule is CCN(Cc1ccc(C(=O)N(C)C)cc1)C(=O)c1cccn(Cc2ccccc2)c1=O.